The van der Waals surface area contributed by atoms with Crippen molar-refractivity contribution in [3.05, 3.63) is 29.8 Å². The third-order valence-corrected chi connectivity index (χ3v) is 2.73. The summed E-state index contributed by atoms with van der Waals surface area (Å²) < 4.78 is 4.88. The number of amides is 2. The van der Waals surface area contributed by atoms with Gasteiger partial charge in [-0.1, -0.05) is 13.8 Å². The van der Waals surface area contributed by atoms with E-state index in [1.54, 1.807) is 0 Å². The van der Waals surface area contributed by atoms with Crippen molar-refractivity contribution in [3.63, 3.8) is 0 Å². The van der Waals surface area contributed by atoms with Crippen LogP contribution in [0.2, 0.25) is 0 Å². The van der Waals surface area contributed by atoms with E-state index in [2.05, 4.69) is 5.32 Å². The van der Waals surface area contributed by atoms with Crippen molar-refractivity contribution < 1.29 is 19.1 Å². The van der Waals surface area contributed by atoms with Gasteiger partial charge in [0, 0.05) is 12.5 Å². The van der Waals surface area contributed by atoms with Crippen molar-refractivity contribution in [1.82, 2.24) is 5.32 Å². The third-order valence-electron chi connectivity index (χ3n) is 2.73. The molecule has 1 aromatic carbocycles. The molecular weight excluding hydrogens is 272 g/mol. The SMILES string of the molecule is CC(=O)Oc1ccc(C(=O)N[C@@H](CC(C)C)C(N)=O)cc1. The number of hydrogen-bond donors (Lipinski definition) is 2. The van der Waals surface area contributed by atoms with Crippen LogP contribution >= 0.6 is 0 Å². The number of primary amides is 1. The third kappa shape index (κ3) is 5.64. The Morgan fingerprint density at radius 1 is 1.19 bits per heavy atom. The van der Waals surface area contributed by atoms with Gasteiger partial charge in [-0.2, -0.15) is 0 Å². The quantitative estimate of drug-likeness (QED) is 0.608. The second-order valence-electron chi connectivity index (χ2n) is 5.18. The predicted molar refractivity (Wildman–Crippen MR) is 77.7 cm³/mol. The van der Waals surface area contributed by atoms with Gasteiger partial charge in [0.05, 0.1) is 0 Å². The number of hydrogen-bond acceptors (Lipinski definition) is 4. The van der Waals surface area contributed by atoms with Gasteiger partial charge in [0.15, 0.2) is 0 Å². The highest BCUT2D eigenvalue weighted by atomic mass is 16.5. The Bertz CT molecular complexity index is 523. The number of esters is 1. The Morgan fingerprint density at radius 2 is 1.76 bits per heavy atom. The molecule has 0 saturated heterocycles. The van der Waals surface area contributed by atoms with Gasteiger partial charge in [-0.25, -0.2) is 0 Å². The molecule has 1 rings (SSSR count). The zero-order valence-corrected chi connectivity index (χ0v) is 12.4. The molecule has 0 spiro atoms. The molecule has 0 radical (unpaired) electrons. The van der Waals surface area contributed by atoms with Crippen LogP contribution in [0.5, 0.6) is 5.75 Å². The fourth-order valence-electron chi connectivity index (χ4n) is 1.80. The highest BCUT2D eigenvalue weighted by molar-refractivity contribution is 5.97. The number of carbonyl (C=O) groups excluding carboxylic acids is 3. The Balaban J connectivity index is 2.73. The minimum absolute atomic E-state index is 0.231. The topological polar surface area (TPSA) is 98.5 Å². The Hall–Kier alpha value is -2.37. The zero-order chi connectivity index (χ0) is 16.0. The molecule has 0 heterocycles. The molecule has 0 aliphatic rings. The van der Waals surface area contributed by atoms with Crippen molar-refractivity contribution in [2.75, 3.05) is 0 Å². The van der Waals surface area contributed by atoms with Gasteiger partial charge in [-0.05, 0) is 36.6 Å². The van der Waals surface area contributed by atoms with Crippen LogP contribution in [-0.2, 0) is 9.59 Å². The van der Waals surface area contributed by atoms with Gasteiger partial charge in [-0.15, -0.1) is 0 Å². The molecule has 0 unspecified atom stereocenters. The van der Waals surface area contributed by atoms with Gasteiger partial charge in [0.1, 0.15) is 11.8 Å². The van der Waals surface area contributed by atoms with E-state index in [1.165, 1.54) is 31.2 Å². The fraction of sp³-hybridized carbons (Fsp3) is 0.400. The standard InChI is InChI=1S/C15H20N2O4/c1-9(2)8-13(14(16)19)17-15(20)11-4-6-12(7-5-11)21-10(3)18/h4-7,9,13H,8H2,1-3H3,(H2,16,19)(H,17,20)/t13-/m0/s1. The largest absolute Gasteiger partial charge is 0.427 e. The summed E-state index contributed by atoms with van der Waals surface area (Å²) in [5.74, 6) is -0.804. The maximum absolute atomic E-state index is 12.0. The van der Waals surface area contributed by atoms with Gasteiger partial charge in [0.25, 0.3) is 5.91 Å². The number of nitrogens with two attached hydrogens (primary N) is 1. The molecule has 6 nitrogen and oxygen atoms in total. The molecule has 0 aromatic heterocycles. The first-order valence-electron chi connectivity index (χ1n) is 6.68. The van der Waals surface area contributed by atoms with E-state index in [4.69, 9.17) is 10.5 Å². The van der Waals surface area contributed by atoms with Gasteiger partial charge >= 0.3 is 5.97 Å². The maximum Gasteiger partial charge on any atom is 0.308 e. The van der Waals surface area contributed by atoms with Crippen molar-refractivity contribution >= 4 is 17.8 Å². The van der Waals surface area contributed by atoms with Crippen LogP contribution < -0.4 is 15.8 Å². The summed E-state index contributed by atoms with van der Waals surface area (Å²) in [7, 11) is 0. The first-order valence-corrected chi connectivity index (χ1v) is 6.68. The van der Waals surface area contributed by atoms with Gasteiger partial charge in [-0.3, -0.25) is 14.4 Å². The molecule has 3 N–H and O–H groups in total. The summed E-state index contributed by atoms with van der Waals surface area (Å²) in [4.78, 5) is 34.2. The summed E-state index contributed by atoms with van der Waals surface area (Å²) >= 11 is 0. The van der Waals surface area contributed by atoms with E-state index in [0.717, 1.165) is 0 Å². The minimum Gasteiger partial charge on any atom is -0.427 e. The monoisotopic (exact) mass is 292 g/mol. The molecule has 0 saturated carbocycles. The first kappa shape index (κ1) is 16.7. The van der Waals surface area contributed by atoms with Crippen LogP contribution in [0.25, 0.3) is 0 Å². The lowest BCUT2D eigenvalue weighted by Crippen LogP contribution is -2.45. The molecule has 6 heteroatoms. The van der Waals surface area contributed by atoms with E-state index < -0.39 is 23.8 Å². The molecule has 2 amide bonds. The number of rotatable bonds is 6. The Labute approximate surface area is 123 Å². The van der Waals surface area contributed by atoms with E-state index in [0.29, 0.717) is 17.7 Å². The minimum atomic E-state index is -0.703. The average Bonchev–Trinajstić information content (AvgIpc) is 2.37. The summed E-state index contributed by atoms with van der Waals surface area (Å²) in [5.41, 5.74) is 5.64. The lowest BCUT2D eigenvalue weighted by Gasteiger charge is -2.17. The average molecular weight is 292 g/mol. The summed E-state index contributed by atoms with van der Waals surface area (Å²) in [6.07, 6.45) is 0.479. The number of carbonyl (C=O) groups is 3. The lowest BCUT2D eigenvalue weighted by molar-refractivity contribution is -0.131. The molecule has 0 fully saturated rings. The van der Waals surface area contributed by atoms with Crippen molar-refractivity contribution in [1.29, 1.82) is 0 Å². The molecule has 0 aliphatic heterocycles. The van der Waals surface area contributed by atoms with E-state index >= 15 is 0 Å². The molecular formula is C15H20N2O4. The van der Waals surface area contributed by atoms with Crippen LogP contribution in [0.3, 0.4) is 0 Å². The summed E-state index contributed by atoms with van der Waals surface area (Å²) in [6.45, 7) is 5.18. The molecule has 1 aromatic rings. The van der Waals surface area contributed by atoms with Crippen LogP contribution in [0.4, 0.5) is 0 Å². The van der Waals surface area contributed by atoms with Gasteiger partial charge < -0.3 is 15.8 Å². The zero-order valence-electron chi connectivity index (χ0n) is 12.4. The van der Waals surface area contributed by atoms with Gasteiger partial charge in [0.2, 0.25) is 5.91 Å². The highest BCUT2D eigenvalue weighted by Crippen LogP contribution is 2.13. The van der Waals surface area contributed by atoms with Crippen LogP contribution in [0.15, 0.2) is 24.3 Å². The molecule has 1 atom stereocenters. The predicted octanol–water partition coefficient (Wildman–Crippen LogP) is 1.24. The second kappa shape index (κ2) is 7.42. The highest BCUT2D eigenvalue weighted by Gasteiger charge is 2.20. The number of benzene rings is 1. The molecule has 21 heavy (non-hydrogen) atoms. The molecule has 114 valence electrons. The number of ether oxygens (including phenoxy) is 1. The normalized spacial score (nSPS) is 11.8. The van der Waals surface area contributed by atoms with E-state index in [1.807, 2.05) is 13.8 Å². The lowest BCUT2D eigenvalue weighted by atomic mass is 10.0. The van der Waals surface area contributed by atoms with Crippen LogP contribution in [0, 0.1) is 5.92 Å². The number of nitrogens with one attached hydrogen (secondary N) is 1. The summed E-state index contributed by atoms with van der Waals surface area (Å²) in [6, 6.07) is 5.35. The smallest absolute Gasteiger partial charge is 0.308 e. The Kier molecular flexibility index (Phi) is 5.90. The van der Waals surface area contributed by atoms with E-state index in [-0.39, 0.29) is 5.92 Å². The van der Waals surface area contributed by atoms with Crippen molar-refractivity contribution in [2.24, 2.45) is 11.7 Å². The summed E-state index contributed by atoms with van der Waals surface area (Å²) in [5, 5.41) is 2.60. The molecule has 0 aliphatic carbocycles. The second-order valence-corrected chi connectivity index (χ2v) is 5.18. The fourth-order valence-corrected chi connectivity index (χ4v) is 1.80. The van der Waals surface area contributed by atoms with E-state index in [9.17, 15) is 14.4 Å². The Morgan fingerprint density at radius 3 is 2.19 bits per heavy atom. The van der Waals surface area contributed by atoms with Crippen molar-refractivity contribution in [2.45, 2.75) is 33.2 Å². The first-order chi connectivity index (χ1) is 9.79. The molecule has 0 bridgehead atoms. The van der Waals surface area contributed by atoms with Crippen LogP contribution in [-0.4, -0.2) is 23.8 Å². The maximum atomic E-state index is 12.0. The van der Waals surface area contributed by atoms with Crippen LogP contribution in [0.1, 0.15) is 37.6 Å². The van der Waals surface area contributed by atoms with Crippen molar-refractivity contribution in [3.8, 4) is 5.75 Å².